The van der Waals surface area contributed by atoms with Crippen molar-refractivity contribution in [1.82, 2.24) is 10.2 Å². The molecule has 0 N–H and O–H groups in total. The Balaban J connectivity index is 2.39. The Labute approximate surface area is 71.1 Å². The van der Waals surface area contributed by atoms with Crippen LogP contribution in [0.1, 0.15) is 0 Å². The summed E-state index contributed by atoms with van der Waals surface area (Å²) in [5, 5.41) is 17.2. The maximum Gasteiger partial charge on any atom is 0.433 e. The van der Waals surface area contributed by atoms with Crippen LogP contribution < -0.4 is 0 Å². The van der Waals surface area contributed by atoms with Crippen molar-refractivity contribution in [3.05, 3.63) is 28.6 Å². The SMILES string of the molecule is O=[N+]([O-])c1ccc(-c2nnco2)o1. The lowest BCUT2D eigenvalue weighted by molar-refractivity contribution is -0.401. The van der Waals surface area contributed by atoms with Gasteiger partial charge >= 0.3 is 5.88 Å². The summed E-state index contributed by atoms with van der Waals surface area (Å²) in [6.07, 6.45) is 1.11. The summed E-state index contributed by atoms with van der Waals surface area (Å²) in [4.78, 5) is 9.59. The Morgan fingerprint density at radius 3 is 2.85 bits per heavy atom. The van der Waals surface area contributed by atoms with E-state index >= 15 is 0 Å². The van der Waals surface area contributed by atoms with Crippen molar-refractivity contribution >= 4 is 5.88 Å². The third kappa shape index (κ3) is 1.26. The fourth-order valence-corrected chi connectivity index (χ4v) is 0.821. The molecule has 0 aliphatic rings. The number of aromatic nitrogens is 2. The summed E-state index contributed by atoms with van der Waals surface area (Å²) in [6, 6.07) is 2.62. The molecule has 7 nitrogen and oxygen atoms in total. The zero-order valence-electron chi connectivity index (χ0n) is 6.21. The van der Waals surface area contributed by atoms with Gasteiger partial charge in [0.1, 0.15) is 4.92 Å². The molecule has 2 heterocycles. The van der Waals surface area contributed by atoms with Gasteiger partial charge in [0.05, 0.1) is 6.07 Å². The van der Waals surface area contributed by atoms with Crippen LogP contribution in [0.4, 0.5) is 5.88 Å². The Bertz CT molecular complexity index is 419. The monoisotopic (exact) mass is 181 g/mol. The number of hydrogen-bond donors (Lipinski definition) is 0. The summed E-state index contributed by atoms with van der Waals surface area (Å²) >= 11 is 0. The molecule has 0 saturated carbocycles. The van der Waals surface area contributed by atoms with Crippen LogP contribution in [0.15, 0.2) is 27.4 Å². The van der Waals surface area contributed by atoms with Gasteiger partial charge in [-0.05, 0) is 6.07 Å². The van der Waals surface area contributed by atoms with Gasteiger partial charge < -0.3 is 8.83 Å². The van der Waals surface area contributed by atoms with Gasteiger partial charge in [0.15, 0.2) is 5.76 Å². The maximum atomic E-state index is 10.2. The van der Waals surface area contributed by atoms with Gasteiger partial charge in [-0.1, -0.05) is 0 Å². The van der Waals surface area contributed by atoms with Crippen LogP contribution in [0.5, 0.6) is 0 Å². The molecule has 0 atom stereocenters. The van der Waals surface area contributed by atoms with Crippen LogP contribution in [-0.4, -0.2) is 15.1 Å². The number of nitrogens with zero attached hydrogens (tertiary/aromatic N) is 3. The predicted molar refractivity (Wildman–Crippen MR) is 38.7 cm³/mol. The molecule has 0 radical (unpaired) electrons. The lowest BCUT2D eigenvalue weighted by Crippen LogP contribution is -1.82. The van der Waals surface area contributed by atoms with E-state index in [1.807, 2.05) is 0 Å². The smallest absolute Gasteiger partial charge is 0.421 e. The molecule has 0 aliphatic heterocycles. The second-order valence-electron chi connectivity index (χ2n) is 2.14. The summed E-state index contributed by atoms with van der Waals surface area (Å²) in [5.74, 6) is -0.0505. The first-order valence-electron chi connectivity index (χ1n) is 3.28. The summed E-state index contributed by atoms with van der Waals surface area (Å²) < 4.78 is 9.57. The number of hydrogen-bond acceptors (Lipinski definition) is 6. The van der Waals surface area contributed by atoms with Gasteiger partial charge in [-0.15, -0.1) is 10.2 Å². The fourth-order valence-electron chi connectivity index (χ4n) is 0.821. The molecule has 2 aromatic rings. The molecule has 0 fully saturated rings. The molecule has 2 aromatic heterocycles. The number of rotatable bonds is 2. The van der Waals surface area contributed by atoms with E-state index in [1.165, 1.54) is 12.1 Å². The normalized spacial score (nSPS) is 10.2. The van der Waals surface area contributed by atoms with Crippen LogP contribution >= 0.6 is 0 Å². The van der Waals surface area contributed by atoms with E-state index in [4.69, 9.17) is 8.83 Å². The van der Waals surface area contributed by atoms with Gasteiger partial charge in [0.25, 0.3) is 5.89 Å². The van der Waals surface area contributed by atoms with Crippen molar-refractivity contribution in [2.24, 2.45) is 0 Å². The van der Waals surface area contributed by atoms with Crippen molar-refractivity contribution < 1.29 is 13.8 Å². The van der Waals surface area contributed by atoms with E-state index < -0.39 is 4.92 Å². The Hall–Kier alpha value is -2.18. The predicted octanol–water partition coefficient (Wildman–Crippen LogP) is 1.24. The van der Waals surface area contributed by atoms with Gasteiger partial charge in [-0.2, -0.15) is 0 Å². The van der Waals surface area contributed by atoms with Crippen LogP contribution in [0.25, 0.3) is 11.7 Å². The van der Waals surface area contributed by atoms with Crippen LogP contribution in [0.3, 0.4) is 0 Å². The molecule has 7 heteroatoms. The molecule has 13 heavy (non-hydrogen) atoms. The third-order valence-electron chi connectivity index (χ3n) is 1.34. The van der Waals surface area contributed by atoms with Crippen molar-refractivity contribution in [1.29, 1.82) is 0 Å². The van der Waals surface area contributed by atoms with E-state index in [-0.39, 0.29) is 17.5 Å². The molecule has 0 amide bonds. The summed E-state index contributed by atoms with van der Waals surface area (Å²) in [6.45, 7) is 0. The van der Waals surface area contributed by atoms with E-state index in [0.717, 1.165) is 6.39 Å². The van der Waals surface area contributed by atoms with Gasteiger partial charge in [0, 0.05) is 0 Å². The van der Waals surface area contributed by atoms with Crippen molar-refractivity contribution in [3.63, 3.8) is 0 Å². The molecule has 0 spiro atoms. The first kappa shape index (κ1) is 7.47. The minimum atomic E-state index is -0.639. The standard InChI is InChI=1S/C6H3N3O4/c10-9(11)5-2-1-4(13-5)6-8-7-3-12-6/h1-3H. The minimum Gasteiger partial charge on any atom is -0.421 e. The molecule has 0 bridgehead atoms. The molecule has 0 aromatic carbocycles. The Morgan fingerprint density at radius 1 is 1.46 bits per heavy atom. The summed E-state index contributed by atoms with van der Waals surface area (Å²) in [7, 11) is 0. The van der Waals surface area contributed by atoms with Crippen LogP contribution in [0, 0.1) is 10.1 Å². The second kappa shape index (κ2) is 2.70. The van der Waals surface area contributed by atoms with Crippen molar-refractivity contribution in [3.8, 4) is 11.7 Å². The highest BCUT2D eigenvalue weighted by Gasteiger charge is 2.15. The lowest BCUT2D eigenvalue weighted by Gasteiger charge is -1.83. The maximum absolute atomic E-state index is 10.2. The van der Waals surface area contributed by atoms with Crippen molar-refractivity contribution in [2.75, 3.05) is 0 Å². The van der Waals surface area contributed by atoms with Crippen LogP contribution in [0.2, 0.25) is 0 Å². The molecule has 0 unspecified atom stereocenters. The fraction of sp³-hybridized carbons (Fsp3) is 0. The second-order valence-corrected chi connectivity index (χ2v) is 2.14. The molecular formula is C6H3N3O4. The number of nitro groups is 1. The minimum absolute atomic E-state index is 0.119. The van der Waals surface area contributed by atoms with E-state index in [0.29, 0.717) is 0 Å². The highest BCUT2D eigenvalue weighted by molar-refractivity contribution is 5.45. The molecular weight excluding hydrogens is 178 g/mol. The largest absolute Gasteiger partial charge is 0.433 e. The lowest BCUT2D eigenvalue weighted by atomic mass is 10.4. The Kier molecular flexibility index (Phi) is 1.55. The zero-order chi connectivity index (χ0) is 9.26. The van der Waals surface area contributed by atoms with E-state index in [1.54, 1.807) is 0 Å². The van der Waals surface area contributed by atoms with Crippen molar-refractivity contribution in [2.45, 2.75) is 0 Å². The van der Waals surface area contributed by atoms with Gasteiger partial charge in [-0.25, -0.2) is 0 Å². The summed E-state index contributed by atoms with van der Waals surface area (Å²) in [5.41, 5.74) is 0. The van der Waals surface area contributed by atoms with Crippen LogP contribution in [-0.2, 0) is 0 Å². The highest BCUT2D eigenvalue weighted by atomic mass is 16.6. The van der Waals surface area contributed by atoms with Gasteiger partial charge in [-0.3, -0.25) is 10.1 Å². The first-order valence-corrected chi connectivity index (χ1v) is 3.28. The zero-order valence-corrected chi connectivity index (χ0v) is 6.21. The topological polar surface area (TPSA) is 95.2 Å². The van der Waals surface area contributed by atoms with Gasteiger partial charge in [0.2, 0.25) is 6.39 Å². The number of furan rings is 1. The highest BCUT2D eigenvalue weighted by Crippen LogP contribution is 2.23. The quantitative estimate of drug-likeness (QED) is 0.510. The molecule has 2 rings (SSSR count). The first-order chi connectivity index (χ1) is 6.27. The van der Waals surface area contributed by atoms with E-state index in [2.05, 4.69) is 10.2 Å². The molecule has 0 saturated heterocycles. The Morgan fingerprint density at radius 2 is 2.31 bits per heavy atom. The van der Waals surface area contributed by atoms with E-state index in [9.17, 15) is 10.1 Å². The average Bonchev–Trinajstić information content (AvgIpc) is 2.75. The average molecular weight is 181 g/mol. The molecule has 0 aliphatic carbocycles. The molecule has 66 valence electrons. The third-order valence-corrected chi connectivity index (χ3v) is 1.34.